The van der Waals surface area contributed by atoms with E-state index in [2.05, 4.69) is 0 Å². The molecule has 5 nitrogen and oxygen atoms in total. The van der Waals surface area contributed by atoms with E-state index in [1.165, 1.54) is 18.2 Å². The summed E-state index contributed by atoms with van der Waals surface area (Å²) in [6.45, 7) is 0. The maximum absolute atomic E-state index is 11.9. The number of ketones is 1. The minimum Gasteiger partial charge on any atom is -0.481 e. The lowest BCUT2D eigenvalue weighted by atomic mass is 10.1. The number of carbonyl (C=O) groups is 3. The Kier molecular flexibility index (Phi) is 6.32. The summed E-state index contributed by atoms with van der Waals surface area (Å²) in [6.07, 6.45) is -0.554. The Morgan fingerprint density at radius 3 is 2.35 bits per heavy atom. The van der Waals surface area contributed by atoms with Gasteiger partial charge in [0.2, 0.25) is 0 Å². The number of hydrogen-bond donors (Lipinski definition) is 2. The fraction of sp³-hybridized carbons (Fsp3) is 0.250. The summed E-state index contributed by atoms with van der Waals surface area (Å²) in [5.74, 6) is -3.06. The van der Waals surface area contributed by atoms with Crippen LogP contribution in [0.3, 0.4) is 0 Å². The molecule has 8 heteroatoms. The number of hydrogen-bond acceptors (Lipinski definition) is 4. The van der Waals surface area contributed by atoms with Crippen LogP contribution < -0.4 is 0 Å². The molecule has 1 rings (SSSR count). The van der Waals surface area contributed by atoms with Crippen LogP contribution in [-0.4, -0.2) is 38.9 Å². The highest BCUT2D eigenvalue weighted by Crippen LogP contribution is 2.24. The first kappa shape index (κ1) is 16.8. The molecule has 20 heavy (non-hydrogen) atoms. The van der Waals surface area contributed by atoms with Crippen LogP contribution in [0.15, 0.2) is 18.2 Å². The van der Waals surface area contributed by atoms with Crippen LogP contribution in [0.2, 0.25) is 10.0 Å². The first-order valence-corrected chi connectivity index (χ1v) is 7.16. The van der Waals surface area contributed by atoms with Gasteiger partial charge in [-0.3, -0.25) is 14.4 Å². The van der Waals surface area contributed by atoms with Gasteiger partial charge in [0.25, 0.3) is 0 Å². The molecule has 0 aromatic heterocycles. The maximum Gasteiger partial charge on any atom is 0.317 e. The Morgan fingerprint density at radius 1 is 1.20 bits per heavy atom. The first-order valence-electron chi connectivity index (χ1n) is 5.35. The van der Waals surface area contributed by atoms with Crippen molar-refractivity contribution in [2.75, 3.05) is 5.75 Å². The van der Waals surface area contributed by atoms with Gasteiger partial charge in [-0.05, 0) is 18.2 Å². The van der Waals surface area contributed by atoms with Crippen molar-refractivity contribution >= 4 is 52.7 Å². The zero-order valence-electron chi connectivity index (χ0n) is 10.0. The van der Waals surface area contributed by atoms with Crippen molar-refractivity contribution in [2.45, 2.75) is 11.7 Å². The number of thioether (sulfide) groups is 1. The van der Waals surface area contributed by atoms with Crippen molar-refractivity contribution in [3.63, 3.8) is 0 Å². The normalized spacial score (nSPS) is 11.9. The van der Waals surface area contributed by atoms with Gasteiger partial charge in [-0.2, -0.15) is 0 Å². The Hall–Kier alpha value is -1.24. The number of aliphatic carboxylic acids is 2. The van der Waals surface area contributed by atoms with Crippen molar-refractivity contribution in [3.8, 4) is 0 Å². The number of rotatable bonds is 7. The molecule has 0 fully saturated rings. The Bertz CT molecular complexity index is 547. The van der Waals surface area contributed by atoms with Crippen molar-refractivity contribution < 1.29 is 24.6 Å². The molecule has 1 atom stereocenters. The van der Waals surface area contributed by atoms with E-state index in [4.69, 9.17) is 33.4 Å². The van der Waals surface area contributed by atoms with E-state index < -0.39 is 23.6 Å². The minimum absolute atomic E-state index is 0.174. The molecular formula is C12H10Cl2O5S. The number of carbonyl (C=O) groups excluding carboxylic acids is 1. The topological polar surface area (TPSA) is 91.7 Å². The van der Waals surface area contributed by atoms with Gasteiger partial charge in [-0.25, -0.2) is 0 Å². The zero-order chi connectivity index (χ0) is 15.3. The van der Waals surface area contributed by atoms with E-state index in [1.807, 2.05) is 0 Å². The molecule has 0 aliphatic rings. The van der Waals surface area contributed by atoms with Crippen LogP contribution in [0, 0.1) is 0 Å². The smallest absolute Gasteiger partial charge is 0.317 e. The minimum atomic E-state index is -1.27. The summed E-state index contributed by atoms with van der Waals surface area (Å²) < 4.78 is 0. The average Bonchev–Trinajstić information content (AvgIpc) is 2.33. The van der Waals surface area contributed by atoms with E-state index in [-0.39, 0.29) is 22.1 Å². The van der Waals surface area contributed by atoms with Crippen LogP contribution in [0.1, 0.15) is 16.8 Å². The van der Waals surface area contributed by atoms with Crippen molar-refractivity contribution in [2.24, 2.45) is 0 Å². The molecule has 0 unspecified atom stereocenters. The fourth-order valence-electron chi connectivity index (χ4n) is 1.35. The molecule has 0 radical (unpaired) electrons. The number of carboxylic acid groups (broad SMARTS) is 2. The summed E-state index contributed by atoms with van der Waals surface area (Å²) in [5.41, 5.74) is 0.225. The van der Waals surface area contributed by atoms with Crippen molar-refractivity contribution in [1.82, 2.24) is 0 Å². The van der Waals surface area contributed by atoms with E-state index in [0.29, 0.717) is 5.02 Å². The zero-order valence-corrected chi connectivity index (χ0v) is 12.3. The maximum atomic E-state index is 11.9. The molecule has 1 aromatic rings. The highest BCUT2D eigenvalue weighted by Gasteiger charge is 2.23. The summed E-state index contributed by atoms with van der Waals surface area (Å²) in [6, 6.07) is 4.35. The molecular weight excluding hydrogens is 327 g/mol. The van der Waals surface area contributed by atoms with Gasteiger partial charge < -0.3 is 10.2 Å². The van der Waals surface area contributed by atoms with Gasteiger partial charge in [-0.1, -0.05) is 23.2 Å². The molecule has 0 aliphatic carbocycles. The van der Waals surface area contributed by atoms with Crippen LogP contribution >= 0.6 is 35.0 Å². The summed E-state index contributed by atoms with van der Waals surface area (Å²) >= 11 is 12.3. The van der Waals surface area contributed by atoms with Gasteiger partial charge >= 0.3 is 11.9 Å². The van der Waals surface area contributed by atoms with Crippen LogP contribution in [0.4, 0.5) is 0 Å². The lowest BCUT2D eigenvalue weighted by molar-refractivity contribution is -0.142. The predicted octanol–water partition coefficient (Wildman–Crippen LogP) is 2.84. The third-order valence-electron chi connectivity index (χ3n) is 2.28. The molecule has 0 amide bonds. The Balaban J connectivity index is 2.70. The van der Waals surface area contributed by atoms with Crippen LogP contribution in [0.5, 0.6) is 0 Å². The highest BCUT2D eigenvalue weighted by atomic mass is 35.5. The van der Waals surface area contributed by atoms with Crippen LogP contribution in [0.25, 0.3) is 0 Å². The second-order valence-electron chi connectivity index (χ2n) is 3.78. The number of Topliss-reactive ketones (excluding diaryl/α,β-unsaturated/α-hetero) is 1. The summed E-state index contributed by atoms with van der Waals surface area (Å²) in [5, 5.41) is 16.8. The second kappa shape index (κ2) is 7.52. The molecule has 1 aromatic carbocycles. The molecule has 108 valence electrons. The Morgan fingerprint density at radius 2 is 1.85 bits per heavy atom. The lowest BCUT2D eigenvalue weighted by Crippen LogP contribution is -2.22. The third-order valence-corrected chi connectivity index (χ3v) is 4.03. The lowest BCUT2D eigenvalue weighted by Gasteiger charge is -2.09. The second-order valence-corrected chi connectivity index (χ2v) is 5.82. The number of benzene rings is 1. The fourth-order valence-corrected chi connectivity index (χ4v) is 2.77. The molecule has 0 saturated carbocycles. The van der Waals surface area contributed by atoms with Gasteiger partial charge in [0.1, 0.15) is 5.25 Å². The van der Waals surface area contributed by atoms with E-state index in [0.717, 1.165) is 11.8 Å². The Labute approximate surface area is 128 Å². The van der Waals surface area contributed by atoms with Crippen LogP contribution in [-0.2, 0) is 9.59 Å². The molecule has 0 heterocycles. The summed E-state index contributed by atoms with van der Waals surface area (Å²) in [7, 11) is 0. The first-order chi connectivity index (χ1) is 9.31. The highest BCUT2D eigenvalue weighted by molar-refractivity contribution is 8.01. The van der Waals surface area contributed by atoms with E-state index >= 15 is 0 Å². The summed E-state index contributed by atoms with van der Waals surface area (Å²) in [4.78, 5) is 33.3. The molecule has 0 spiro atoms. The average molecular weight is 337 g/mol. The van der Waals surface area contributed by atoms with Gasteiger partial charge in [0, 0.05) is 10.6 Å². The monoisotopic (exact) mass is 336 g/mol. The molecule has 0 bridgehead atoms. The SMILES string of the molecule is O=C(O)C[C@H](SCC(=O)c1ccc(Cl)cc1Cl)C(=O)O. The largest absolute Gasteiger partial charge is 0.481 e. The number of halogens is 2. The molecule has 0 aliphatic heterocycles. The van der Waals surface area contributed by atoms with Gasteiger partial charge in [-0.15, -0.1) is 11.8 Å². The number of carboxylic acids is 2. The molecule has 0 saturated heterocycles. The third kappa shape index (κ3) is 5.03. The predicted molar refractivity (Wildman–Crippen MR) is 76.9 cm³/mol. The van der Waals surface area contributed by atoms with Gasteiger partial charge in [0.15, 0.2) is 5.78 Å². The van der Waals surface area contributed by atoms with Crippen molar-refractivity contribution in [3.05, 3.63) is 33.8 Å². The molecule has 2 N–H and O–H groups in total. The van der Waals surface area contributed by atoms with E-state index in [1.54, 1.807) is 0 Å². The van der Waals surface area contributed by atoms with Crippen molar-refractivity contribution in [1.29, 1.82) is 0 Å². The standard InChI is InChI=1S/C12H10Cl2O5S/c13-6-1-2-7(8(14)3-6)9(15)5-20-10(12(18)19)4-11(16)17/h1-3,10H,4-5H2,(H,16,17)(H,18,19)/t10-/m0/s1. The van der Waals surface area contributed by atoms with E-state index in [9.17, 15) is 14.4 Å². The van der Waals surface area contributed by atoms with Gasteiger partial charge in [0.05, 0.1) is 17.2 Å². The quantitative estimate of drug-likeness (QED) is 0.744.